The molecule has 0 amide bonds. The Kier molecular flexibility index (Phi) is 5.16. The molecular weight excluding hydrogens is 313 g/mol. The van der Waals surface area contributed by atoms with E-state index < -0.39 is 0 Å². The molecule has 0 N–H and O–H groups in total. The van der Waals surface area contributed by atoms with Gasteiger partial charge in [-0.25, -0.2) is 0 Å². The zero-order chi connectivity index (χ0) is 16.3. The fourth-order valence-corrected chi connectivity index (χ4v) is 2.94. The summed E-state index contributed by atoms with van der Waals surface area (Å²) >= 11 is 12.4. The van der Waals surface area contributed by atoms with E-state index in [1.165, 1.54) is 5.56 Å². The molecule has 2 aromatic rings. The Morgan fingerprint density at radius 3 is 2.00 bits per heavy atom. The smallest absolute Gasteiger partial charge is 0.0754 e. The Morgan fingerprint density at radius 2 is 1.55 bits per heavy atom. The van der Waals surface area contributed by atoms with Crippen LogP contribution in [-0.2, 0) is 11.8 Å². The summed E-state index contributed by atoms with van der Waals surface area (Å²) < 4.78 is 0. The van der Waals surface area contributed by atoms with Gasteiger partial charge in [-0.3, -0.25) is 0 Å². The summed E-state index contributed by atoms with van der Waals surface area (Å²) in [6.07, 6.45) is 0.518. The van der Waals surface area contributed by atoms with Crippen LogP contribution < -0.4 is 0 Å². The third-order valence-electron chi connectivity index (χ3n) is 3.80. The van der Waals surface area contributed by atoms with Crippen LogP contribution in [-0.4, -0.2) is 0 Å². The van der Waals surface area contributed by atoms with Gasteiger partial charge < -0.3 is 0 Å². The van der Waals surface area contributed by atoms with Gasteiger partial charge in [0.25, 0.3) is 0 Å². The minimum Gasteiger partial charge on any atom is -0.198 e. The topological polar surface area (TPSA) is 23.8 Å². The summed E-state index contributed by atoms with van der Waals surface area (Å²) in [7, 11) is 0. The van der Waals surface area contributed by atoms with Crippen LogP contribution in [0, 0.1) is 11.3 Å². The monoisotopic (exact) mass is 331 g/mol. The van der Waals surface area contributed by atoms with E-state index in [-0.39, 0.29) is 11.3 Å². The Balaban J connectivity index is 2.28. The summed E-state index contributed by atoms with van der Waals surface area (Å²) in [5.74, 6) is -0.258. The second-order valence-electron chi connectivity index (χ2n) is 6.46. The molecule has 0 saturated heterocycles. The van der Waals surface area contributed by atoms with Gasteiger partial charge in [0.1, 0.15) is 0 Å². The van der Waals surface area contributed by atoms with Crippen LogP contribution in [0.2, 0.25) is 10.0 Å². The molecule has 0 radical (unpaired) electrons. The van der Waals surface area contributed by atoms with E-state index in [4.69, 9.17) is 23.2 Å². The summed E-state index contributed by atoms with van der Waals surface area (Å²) in [6, 6.07) is 16.0. The van der Waals surface area contributed by atoms with E-state index in [2.05, 4.69) is 39.0 Å². The number of nitriles is 1. The Labute approximate surface area is 142 Å². The number of benzene rings is 2. The molecule has 22 heavy (non-hydrogen) atoms. The molecule has 0 aliphatic heterocycles. The lowest BCUT2D eigenvalue weighted by molar-refractivity contribution is 0.590. The normalized spacial score (nSPS) is 12.7. The SMILES string of the molecule is CC(C)(C)c1ccc(C(C#N)Cc2c(Cl)cccc2Cl)cc1. The maximum absolute atomic E-state index is 9.52. The first-order chi connectivity index (χ1) is 10.3. The van der Waals surface area contributed by atoms with Crippen LogP contribution in [0.5, 0.6) is 0 Å². The molecule has 1 nitrogen and oxygen atoms in total. The second-order valence-corrected chi connectivity index (χ2v) is 7.27. The second kappa shape index (κ2) is 6.73. The first-order valence-electron chi connectivity index (χ1n) is 7.26. The molecule has 3 heteroatoms. The van der Waals surface area contributed by atoms with Gasteiger partial charge in [0.05, 0.1) is 12.0 Å². The van der Waals surface area contributed by atoms with E-state index in [0.29, 0.717) is 16.5 Å². The van der Waals surface area contributed by atoms with Crippen LogP contribution >= 0.6 is 23.2 Å². The van der Waals surface area contributed by atoms with Gasteiger partial charge >= 0.3 is 0 Å². The first-order valence-corrected chi connectivity index (χ1v) is 8.01. The number of halogens is 2. The van der Waals surface area contributed by atoms with Crippen LogP contribution in [0.25, 0.3) is 0 Å². The molecule has 0 fully saturated rings. The van der Waals surface area contributed by atoms with Gasteiger partial charge in [-0.1, -0.05) is 74.3 Å². The third-order valence-corrected chi connectivity index (χ3v) is 4.51. The van der Waals surface area contributed by atoms with Crippen molar-refractivity contribution in [3.63, 3.8) is 0 Å². The lowest BCUT2D eigenvalue weighted by Gasteiger charge is -2.20. The highest BCUT2D eigenvalue weighted by Gasteiger charge is 2.18. The molecule has 0 aliphatic carbocycles. The molecule has 1 atom stereocenters. The number of rotatable bonds is 3. The predicted molar refractivity (Wildman–Crippen MR) is 93.7 cm³/mol. The van der Waals surface area contributed by atoms with Crippen molar-refractivity contribution >= 4 is 23.2 Å². The van der Waals surface area contributed by atoms with Crippen LogP contribution in [0.1, 0.15) is 43.4 Å². The van der Waals surface area contributed by atoms with Crippen molar-refractivity contribution in [3.8, 4) is 6.07 Å². The van der Waals surface area contributed by atoms with Crippen LogP contribution in [0.3, 0.4) is 0 Å². The third kappa shape index (κ3) is 3.83. The lowest BCUT2D eigenvalue weighted by atomic mass is 9.85. The van der Waals surface area contributed by atoms with E-state index in [1.807, 2.05) is 18.2 Å². The van der Waals surface area contributed by atoms with Crippen molar-refractivity contribution in [2.75, 3.05) is 0 Å². The molecule has 2 aromatic carbocycles. The maximum Gasteiger partial charge on any atom is 0.0754 e. The molecule has 0 bridgehead atoms. The molecule has 0 aromatic heterocycles. The zero-order valence-corrected chi connectivity index (χ0v) is 14.5. The van der Waals surface area contributed by atoms with Crippen molar-refractivity contribution in [1.82, 2.24) is 0 Å². The minimum atomic E-state index is -0.258. The summed E-state index contributed by atoms with van der Waals surface area (Å²) in [4.78, 5) is 0. The maximum atomic E-state index is 9.52. The van der Waals surface area contributed by atoms with E-state index in [0.717, 1.165) is 11.1 Å². The molecule has 1 unspecified atom stereocenters. The molecule has 0 spiro atoms. The standard InChI is InChI=1S/C19H19Cl2N/c1-19(2,3)15-9-7-13(8-10-15)14(12-22)11-16-17(20)5-4-6-18(16)21/h4-10,14H,11H2,1-3H3. The van der Waals surface area contributed by atoms with Crippen molar-refractivity contribution in [2.24, 2.45) is 0 Å². The van der Waals surface area contributed by atoms with Crippen molar-refractivity contribution in [1.29, 1.82) is 5.26 Å². The summed E-state index contributed by atoms with van der Waals surface area (Å²) in [5, 5.41) is 10.7. The molecule has 2 rings (SSSR count). The van der Waals surface area contributed by atoms with Gasteiger partial charge in [0.15, 0.2) is 0 Å². The summed E-state index contributed by atoms with van der Waals surface area (Å²) in [6.45, 7) is 6.52. The summed E-state index contributed by atoms with van der Waals surface area (Å²) in [5.41, 5.74) is 3.18. The van der Waals surface area contributed by atoms with Crippen LogP contribution in [0.15, 0.2) is 42.5 Å². The molecular formula is C19H19Cl2N. The fourth-order valence-electron chi connectivity index (χ4n) is 2.38. The van der Waals surface area contributed by atoms with E-state index in [1.54, 1.807) is 12.1 Å². The number of hydrogen-bond acceptors (Lipinski definition) is 1. The van der Waals surface area contributed by atoms with Crippen molar-refractivity contribution in [2.45, 2.75) is 38.5 Å². The zero-order valence-electron chi connectivity index (χ0n) is 13.0. The molecule has 114 valence electrons. The van der Waals surface area contributed by atoms with Gasteiger partial charge in [-0.2, -0.15) is 5.26 Å². The van der Waals surface area contributed by atoms with Gasteiger partial charge in [0, 0.05) is 10.0 Å². The molecule has 0 saturated carbocycles. The molecule has 0 heterocycles. The average molecular weight is 332 g/mol. The average Bonchev–Trinajstić information content (AvgIpc) is 2.46. The number of nitrogens with zero attached hydrogens (tertiary/aromatic N) is 1. The highest BCUT2D eigenvalue weighted by atomic mass is 35.5. The van der Waals surface area contributed by atoms with Gasteiger partial charge in [-0.15, -0.1) is 0 Å². The van der Waals surface area contributed by atoms with Crippen molar-refractivity contribution in [3.05, 3.63) is 69.2 Å². The van der Waals surface area contributed by atoms with E-state index in [9.17, 15) is 5.26 Å². The highest BCUT2D eigenvalue weighted by Crippen LogP contribution is 2.31. The molecule has 0 aliphatic rings. The van der Waals surface area contributed by atoms with Gasteiger partial charge in [-0.05, 0) is 40.7 Å². The van der Waals surface area contributed by atoms with E-state index >= 15 is 0 Å². The first kappa shape index (κ1) is 16.9. The van der Waals surface area contributed by atoms with Crippen LogP contribution in [0.4, 0.5) is 0 Å². The number of hydrogen-bond donors (Lipinski definition) is 0. The highest BCUT2D eigenvalue weighted by molar-refractivity contribution is 6.36. The Hall–Kier alpha value is -1.49. The van der Waals surface area contributed by atoms with Crippen molar-refractivity contribution < 1.29 is 0 Å². The minimum absolute atomic E-state index is 0.104. The largest absolute Gasteiger partial charge is 0.198 e. The Morgan fingerprint density at radius 1 is 1.00 bits per heavy atom. The predicted octanol–water partition coefficient (Wildman–Crippen LogP) is 6.14. The Bertz CT molecular complexity index is 671. The quantitative estimate of drug-likeness (QED) is 0.662. The fraction of sp³-hybridized carbons (Fsp3) is 0.316. The lowest BCUT2D eigenvalue weighted by Crippen LogP contribution is -2.11. The van der Waals surface area contributed by atoms with Gasteiger partial charge in [0.2, 0.25) is 0 Å².